The van der Waals surface area contributed by atoms with E-state index in [4.69, 9.17) is 9.41 Å². The maximum atomic E-state index is 5.76. The number of hydrogen-bond donors (Lipinski definition) is 0. The normalized spacial score (nSPS) is 12.3. The smallest absolute Gasteiger partial charge is 0.205 e. The number of benzene rings is 1. The minimum Gasteiger partial charge on any atom is -0.411 e. The van der Waals surface area contributed by atoms with E-state index in [-0.39, 0.29) is 5.41 Å². The van der Waals surface area contributed by atoms with Crippen molar-refractivity contribution in [2.45, 2.75) is 45.9 Å². The Hall–Kier alpha value is -0.713. The van der Waals surface area contributed by atoms with Crippen molar-refractivity contribution in [1.82, 2.24) is 4.98 Å². The van der Waals surface area contributed by atoms with Crippen LogP contribution in [0.25, 0.3) is 10.9 Å². The predicted octanol–water partition coefficient (Wildman–Crippen LogP) is 5.06. The van der Waals surface area contributed by atoms with E-state index in [0.29, 0.717) is 6.61 Å². The summed E-state index contributed by atoms with van der Waals surface area (Å²) in [6, 6.07) is 8.47. The summed E-state index contributed by atoms with van der Waals surface area (Å²) in [4.78, 5) is 4.84. The molecule has 0 bridgehead atoms. The van der Waals surface area contributed by atoms with Crippen molar-refractivity contribution < 1.29 is 4.43 Å². The lowest BCUT2D eigenvalue weighted by Crippen LogP contribution is -2.13. The highest BCUT2D eigenvalue weighted by Gasteiger charge is 2.19. The molecule has 1 heterocycles. The van der Waals surface area contributed by atoms with E-state index < -0.39 is 9.04 Å². The topological polar surface area (TPSA) is 22.1 Å². The summed E-state index contributed by atoms with van der Waals surface area (Å²) in [6.45, 7) is 11.6. The third-order valence-corrected chi connectivity index (χ3v) is 4.59. The van der Waals surface area contributed by atoms with E-state index in [0.717, 1.165) is 15.7 Å². The Morgan fingerprint density at radius 1 is 1.15 bits per heavy atom. The van der Waals surface area contributed by atoms with Gasteiger partial charge >= 0.3 is 0 Å². The van der Waals surface area contributed by atoms with Gasteiger partial charge in [-0.25, -0.2) is 0 Å². The summed E-state index contributed by atoms with van der Waals surface area (Å²) in [5, 5.41) is 1.17. The first kappa shape index (κ1) is 15.7. The van der Waals surface area contributed by atoms with Crippen molar-refractivity contribution in [2.75, 3.05) is 0 Å². The average molecular weight is 351 g/mol. The minimum atomic E-state index is -0.680. The Labute approximate surface area is 131 Å². The van der Waals surface area contributed by atoms with Gasteiger partial charge in [0.25, 0.3) is 0 Å². The first-order chi connectivity index (χ1) is 9.29. The van der Waals surface area contributed by atoms with Crippen molar-refractivity contribution >= 4 is 35.9 Å². The number of aromatic nitrogens is 1. The average Bonchev–Trinajstić information content (AvgIpc) is 2.35. The van der Waals surface area contributed by atoms with Gasteiger partial charge in [0.1, 0.15) is 0 Å². The first-order valence-corrected chi connectivity index (χ1v) is 10.0. The molecule has 0 aliphatic carbocycles. The molecule has 0 atom stereocenters. The summed E-state index contributed by atoms with van der Waals surface area (Å²) in [5.41, 5.74) is 3.44. The van der Waals surface area contributed by atoms with Crippen LogP contribution in [0.3, 0.4) is 0 Å². The van der Waals surface area contributed by atoms with Crippen molar-refractivity contribution in [1.29, 1.82) is 0 Å². The monoisotopic (exact) mass is 350 g/mol. The molecule has 0 aliphatic heterocycles. The lowest BCUT2D eigenvalue weighted by atomic mass is 9.85. The molecule has 0 aliphatic rings. The highest BCUT2D eigenvalue weighted by atomic mass is 79.9. The number of fused-ring (bicyclic) bond motifs is 1. The summed E-state index contributed by atoms with van der Waals surface area (Å²) in [5.74, 6) is 0. The maximum Gasteiger partial charge on any atom is 0.205 e. The van der Waals surface area contributed by atoms with Crippen LogP contribution in [-0.2, 0) is 16.4 Å². The molecular formula is C16H21BrNOSi. The van der Waals surface area contributed by atoms with Crippen LogP contribution >= 0.6 is 15.9 Å². The molecule has 0 saturated carbocycles. The highest BCUT2D eigenvalue weighted by molar-refractivity contribution is 9.10. The fourth-order valence-electron chi connectivity index (χ4n) is 2.13. The minimum absolute atomic E-state index is 0.0793. The molecule has 0 spiro atoms. The summed E-state index contributed by atoms with van der Waals surface area (Å²) >= 11 is 3.62. The van der Waals surface area contributed by atoms with Gasteiger partial charge in [-0.15, -0.1) is 0 Å². The number of pyridine rings is 1. The molecule has 1 aromatic carbocycles. The summed E-state index contributed by atoms with van der Waals surface area (Å²) < 4.78 is 6.85. The largest absolute Gasteiger partial charge is 0.411 e. The number of hydrogen-bond acceptors (Lipinski definition) is 2. The molecule has 2 rings (SSSR count). The first-order valence-electron chi connectivity index (χ1n) is 6.80. The molecule has 2 nitrogen and oxygen atoms in total. The lowest BCUT2D eigenvalue weighted by Gasteiger charge is -2.21. The number of rotatable bonds is 3. The lowest BCUT2D eigenvalue weighted by molar-refractivity contribution is 0.310. The van der Waals surface area contributed by atoms with Crippen LogP contribution < -0.4 is 0 Å². The van der Waals surface area contributed by atoms with Crippen LogP contribution in [0.4, 0.5) is 0 Å². The van der Waals surface area contributed by atoms with Crippen LogP contribution in [0.15, 0.2) is 28.7 Å². The molecule has 0 amide bonds. The molecule has 0 fully saturated rings. The van der Waals surface area contributed by atoms with Gasteiger partial charge in [0.15, 0.2) is 0 Å². The SMILES string of the molecule is C[Si](C)OCc1ccc2c(Br)ccc(C(C)(C)C)c2n1. The van der Waals surface area contributed by atoms with Gasteiger partial charge in [-0.2, -0.15) is 0 Å². The Bertz CT molecular complexity index is 620. The second-order valence-corrected chi connectivity index (χ2v) is 9.20. The third kappa shape index (κ3) is 3.48. The van der Waals surface area contributed by atoms with Gasteiger partial charge < -0.3 is 4.43 Å². The summed E-state index contributed by atoms with van der Waals surface area (Å²) in [6.07, 6.45) is 0. The maximum absolute atomic E-state index is 5.76. The fraction of sp³-hybridized carbons (Fsp3) is 0.438. The summed E-state index contributed by atoms with van der Waals surface area (Å²) in [7, 11) is -0.680. The quantitative estimate of drug-likeness (QED) is 0.721. The highest BCUT2D eigenvalue weighted by Crippen LogP contribution is 2.33. The molecule has 0 N–H and O–H groups in total. The zero-order valence-corrected chi connectivity index (χ0v) is 15.3. The third-order valence-electron chi connectivity index (χ3n) is 3.18. The molecule has 1 radical (unpaired) electrons. The number of halogens is 1. The van der Waals surface area contributed by atoms with Crippen molar-refractivity contribution in [3.8, 4) is 0 Å². The molecule has 0 saturated heterocycles. The zero-order valence-electron chi connectivity index (χ0n) is 12.7. The van der Waals surface area contributed by atoms with E-state index >= 15 is 0 Å². The van der Waals surface area contributed by atoms with Gasteiger partial charge in [0, 0.05) is 9.86 Å². The van der Waals surface area contributed by atoms with Crippen molar-refractivity contribution in [2.24, 2.45) is 0 Å². The second kappa shape index (κ2) is 5.96. The molecule has 1 aromatic heterocycles. The molecule has 20 heavy (non-hydrogen) atoms. The Balaban J connectivity index is 2.53. The number of nitrogens with zero attached hydrogens (tertiary/aromatic N) is 1. The van der Waals surface area contributed by atoms with E-state index in [1.165, 1.54) is 10.9 Å². The van der Waals surface area contributed by atoms with Crippen LogP contribution in [0.5, 0.6) is 0 Å². The molecule has 2 aromatic rings. The van der Waals surface area contributed by atoms with E-state index in [9.17, 15) is 0 Å². The van der Waals surface area contributed by atoms with E-state index in [1.54, 1.807) is 0 Å². The standard InChI is InChI=1S/C16H21BrNOSi/c1-16(2,3)13-8-9-14(17)12-7-6-11(18-15(12)13)10-19-20(4)5/h6-9H,10H2,1-5H3. The zero-order chi connectivity index (χ0) is 14.9. The Morgan fingerprint density at radius 3 is 2.45 bits per heavy atom. The molecule has 107 valence electrons. The molecular weight excluding hydrogens is 330 g/mol. The molecule has 0 unspecified atom stereocenters. The van der Waals surface area contributed by atoms with Crippen molar-refractivity contribution in [3.05, 3.63) is 40.0 Å². The Morgan fingerprint density at radius 2 is 1.85 bits per heavy atom. The van der Waals surface area contributed by atoms with Crippen molar-refractivity contribution in [3.63, 3.8) is 0 Å². The second-order valence-electron chi connectivity index (χ2n) is 6.24. The van der Waals surface area contributed by atoms with Crippen LogP contribution in [0.2, 0.25) is 13.1 Å². The van der Waals surface area contributed by atoms with E-state index in [1.807, 2.05) is 0 Å². The van der Waals surface area contributed by atoms with Gasteiger partial charge in [0.05, 0.1) is 17.8 Å². The van der Waals surface area contributed by atoms with Crippen LogP contribution in [-0.4, -0.2) is 14.0 Å². The van der Waals surface area contributed by atoms with Crippen LogP contribution in [0.1, 0.15) is 32.0 Å². The fourth-order valence-corrected chi connectivity index (χ4v) is 3.02. The predicted molar refractivity (Wildman–Crippen MR) is 90.4 cm³/mol. The Kier molecular flexibility index (Phi) is 4.67. The van der Waals surface area contributed by atoms with Gasteiger partial charge in [-0.3, -0.25) is 4.98 Å². The molecule has 4 heteroatoms. The van der Waals surface area contributed by atoms with Gasteiger partial charge in [0.2, 0.25) is 9.04 Å². The van der Waals surface area contributed by atoms with Gasteiger partial charge in [-0.1, -0.05) is 42.8 Å². The van der Waals surface area contributed by atoms with Crippen LogP contribution in [0, 0.1) is 0 Å². The van der Waals surface area contributed by atoms with E-state index in [2.05, 4.69) is 74.1 Å². The van der Waals surface area contributed by atoms with Gasteiger partial charge in [-0.05, 0) is 42.3 Å².